The van der Waals surface area contributed by atoms with E-state index in [0.29, 0.717) is 5.95 Å². The monoisotopic (exact) mass is 270 g/mol. The molecule has 1 aromatic heterocycles. The van der Waals surface area contributed by atoms with Gasteiger partial charge in [0.15, 0.2) is 0 Å². The fourth-order valence-corrected chi connectivity index (χ4v) is 1.60. The summed E-state index contributed by atoms with van der Waals surface area (Å²) < 4.78 is 0. The van der Waals surface area contributed by atoms with Crippen molar-refractivity contribution in [2.45, 2.75) is 0 Å². The third-order valence-electron chi connectivity index (χ3n) is 2.22. The van der Waals surface area contributed by atoms with Crippen LogP contribution in [0.25, 0.3) is 0 Å². The minimum Gasteiger partial charge on any atom is -0.347 e. The Balaban J connectivity index is 2.32. The zero-order chi connectivity index (χ0) is 13.3. The van der Waals surface area contributed by atoms with E-state index in [0.717, 1.165) is 0 Å². The third-order valence-corrected chi connectivity index (χ3v) is 2.38. The van der Waals surface area contributed by atoms with Gasteiger partial charge in [-0.1, -0.05) is 0 Å². The molecule has 0 aliphatic carbocycles. The smallest absolute Gasteiger partial charge is 0.246 e. The average Bonchev–Trinajstić information content (AvgIpc) is 2.26. The molecule has 0 radical (unpaired) electrons. The largest absolute Gasteiger partial charge is 0.347 e. The number of nitrogens with one attached hydrogen (secondary N) is 1. The zero-order valence-electron chi connectivity index (χ0n) is 9.84. The van der Waals surface area contributed by atoms with Crippen LogP contribution in [0.2, 0.25) is 5.28 Å². The van der Waals surface area contributed by atoms with E-state index in [1.54, 1.807) is 19.0 Å². The van der Waals surface area contributed by atoms with E-state index in [-0.39, 0.29) is 24.3 Å². The number of halogens is 1. The number of anilines is 2. The molecule has 2 rings (SSSR count). The molecule has 1 fully saturated rings. The number of imide groups is 1. The van der Waals surface area contributed by atoms with E-state index < -0.39 is 11.8 Å². The molecule has 1 aliphatic rings. The number of piperazine rings is 1. The van der Waals surface area contributed by atoms with Gasteiger partial charge >= 0.3 is 0 Å². The molecule has 0 aromatic carbocycles. The van der Waals surface area contributed by atoms with E-state index in [2.05, 4.69) is 20.3 Å². The molecule has 0 saturated carbocycles. The molecule has 0 spiro atoms. The number of nitrogens with zero attached hydrogens (tertiary/aromatic N) is 5. The van der Waals surface area contributed by atoms with Crippen molar-refractivity contribution < 1.29 is 9.59 Å². The molecule has 2 heterocycles. The van der Waals surface area contributed by atoms with Crippen LogP contribution in [0.3, 0.4) is 0 Å². The molecule has 1 aromatic rings. The molecule has 0 atom stereocenters. The van der Waals surface area contributed by atoms with Crippen LogP contribution in [-0.2, 0) is 9.59 Å². The van der Waals surface area contributed by atoms with Crippen molar-refractivity contribution in [1.82, 2.24) is 20.3 Å². The zero-order valence-corrected chi connectivity index (χ0v) is 10.6. The van der Waals surface area contributed by atoms with Gasteiger partial charge in [0.25, 0.3) is 0 Å². The first kappa shape index (κ1) is 12.5. The van der Waals surface area contributed by atoms with Crippen molar-refractivity contribution in [1.29, 1.82) is 0 Å². The third kappa shape index (κ3) is 2.65. The first-order valence-corrected chi connectivity index (χ1v) is 5.50. The fraction of sp³-hybridized carbons (Fsp3) is 0.444. The predicted octanol–water partition coefficient (Wildman–Crippen LogP) is -0.946. The summed E-state index contributed by atoms with van der Waals surface area (Å²) in [5.41, 5.74) is 0. The first-order valence-electron chi connectivity index (χ1n) is 5.12. The molecule has 18 heavy (non-hydrogen) atoms. The second-order valence-electron chi connectivity index (χ2n) is 3.93. The molecule has 8 nitrogen and oxygen atoms in total. The highest BCUT2D eigenvalue weighted by Gasteiger charge is 2.25. The lowest BCUT2D eigenvalue weighted by atomic mass is 10.3. The predicted molar refractivity (Wildman–Crippen MR) is 64.5 cm³/mol. The van der Waals surface area contributed by atoms with Crippen LogP contribution < -0.4 is 15.1 Å². The summed E-state index contributed by atoms with van der Waals surface area (Å²) in [5.74, 6) is -0.214. The average molecular weight is 271 g/mol. The summed E-state index contributed by atoms with van der Waals surface area (Å²) in [4.78, 5) is 37.6. The summed E-state index contributed by atoms with van der Waals surface area (Å²) in [6.07, 6.45) is 0. The highest BCUT2D eigenvalue weighted by atomic mass is 35.5. The van der Waals surface area contributed by atoms with Crippen LogP contribution in [0.1, 0.15) is 0 Å². The molecule has 0 unspecified atom stereocenters. The number of hydrogen-bond donors (Lipinski definition) is 1. The van der Waals surface area contributed by atoms with Crippen molar-refractivity contribution in [3.05, 3.63) is 5.28 Å². The highest BCUT2D eigenvalue weighted by Crippen LogP contribution is 2.15. The maximum absolute atomic E-state index is 11.3. The summed E-state index contributed by atoms with van der Waals surface area (Å²) in [6.45, 7) is 0.0257. The van der Waals surface area contributed by atoms with Gasteiger partial charge in [0.05, 0.1) is 0 Å². The first-order chi connectivity index (χ1) is 8.45. The Bertz CT molecular complexity index is 490. The van der Waals surface area contributed by atoms with Crippen LogP contribution in [0.4, 0.5) is 11.9 Å². The van der Waals surface area contributed by atoms with Gasteiger partial charge in [-0.2, -0.15) is 15.0 Å². The molecular formula is C9H11ClN6O2. The Kier molecular flexibility index (Phi) is 3.28. The number of carbonyl (C=O) groups excluding carboxylic acids is 2. The molecule has 1 saturated heterocycles. The van der Waals surface area contributed by atoms with Crippen LogP contribution in [0.5, 0.6) is 0 Å². The van der Waals surface area contributed by atoms with Crippen molar-refractivity contribution in [3.63, 3.8) is 0 Å². The second-order valence-corrected chi connectivity index (χ2v) is 4.26. The number of rotatable bonds is 2. The number of hydrogen-bond acceptors (Lipinski definition) is 7. The highest BCUT2D eigenvalue weighted by molar-refractivity contribution is 6.28. The van der Waals surface area contributed by atoms with Gasteiger partial charge < -0.3 is 9.80 Å². The minimum absolute atomic E-state index is 0.0128. The Morgan fingerprint density at radius 2 is 1.78 bits per heavy atom. The summed E-state index contributed by atoms with van der Waals surface area (Å²) in [6, 6.07) is 0. The molecule has 1 N–H and O–H groups in total. The standard InChI is InChI=1S/C9H11ClN6O2/c1-15(2)8-12-7(10)13-9(14-8)16-3-5(17)11-6(18)4-16/h3-4H2,1-2H3,(H,11,17,18). The molecule has 1 aliphatic heterocycles. The van der Waals surface area contributed by atoms with Crippen LogP contribution in [0, 0.1) is 0 Å². The van der Waals surface area contributed by atoms with Crippen molar-refractivity contribution in [2.24, 2.45) is 0 Å². The lowest BCUT2D eigenvalue weighted by Crippen LogP contribution is -2.52. The maximum Gasteiger partial charge on any atom is 0.246 e. The molecule has 0 bridgehead atoms. The summed E-state index contributed by atoms with van der Waals surface area (Å²) in [7, 11) is 3.51. The number of carbonyl (C=O) groups is 2. The lowest BCUT2D eigenvalue weighted by Gasteiger charge is -2.25. The molecule has 96 valence electrons. The fourth-order valence-electron chi connectivity index (χ4n) is 1.45. The Morgan fingerprint density at radius 1 is 1.17 bits per heavy atom. The Morgan fingerprint density at radius 3 is 2.33 bits per heavy atom. The topological polar surface area (TPSA) is 91.3 Å². The second kappa shape index (κ2) is 4.73. The SMILES string of the molecule is CN(C)c1nc(Cl)nc(N2CC(=O)NC(=O)C2)n1. The van der Waals surface area contributed by atoms with Gasteiger partial charge in [0.1, 0.15) is 13.1 Å². The van der Waals surface area contributed by atoms with E-state index in [1.165, 1.54) is 4.90 Å². The van der Waals surface area contributed by atoms with Gasteiger partial charge in [-0.25, -0.2) is 0 Å². The van der Waals surface area contributed by atoms with Gasteiger partial charge in [-0.05, 0) is 11.6 Å². The summed E-state index contributed by atoms with van der Waals surface area (Å²) in [5, 5.41) is 2.21. The van der Waals surface area contributed by atoms with E-state index >= 15 is 0 Å². The van der Waals surface area contributed by atoms with Crippen molar-refractivity contribution in [3.8, 4) is 0 Å². The van der Waals surface area contributed by atoms with Gasteiger partial charge in [-0.15, -0.1) is 0 Å². The van der Waals surface area contributed by atoms with Gasteiger partial charge in [0, 0.05) is 14.1 Å². The van der Waals surface area contributed by atoms with E-state index in [9.17, 15) is 9.59 Å². The van der Waals surface area contributed by atoms with Crippen LogP contribution in [-0.4, -0.2) is 54.0 Å². The Hall–Kier alpha value is -1.96. The normalized spacial score (nSPS) is 15.6. The Labute approximate surface area is 108 Å². The maximum atomic E-state index is 11.3. The van der Waals surface area contributed by atoms with E-state index in [1.807, 2.05) is 0 Å². The lowest BCUT2D eigenvalue weighted by molar-refractivity contribution is -0.130. The van der Waals surface area contributed by atoms with E-state index in [4.69, 9.17) is 11.6 Å². The minimum atomic E-state index is -0.394. The van der Waals surface area contributed by atoms with Gasteiger partial charge in [0.2, 0.25) is 29.0 Å². The summed E-state index contributed by atoms with van der Waals surface area (Å²) >= 11 is 5.79. The number of amides is 2. The van der Waals surface area contributed by atoms with Crippen molar-refractivity contribution in [2.75, 3.05) is 37.0 Å². The molecular weight excluding hydrogens is 260 g/mol. The molecule has 9 heteroatoms. The number of aromatic nitrogens is 3. The van der Waals surface area contributed by atoms with Crippen LogP contribution in [0.15, 0.2) is 0 Å². The van der Waals surface area contributed by atoms with Crippen molar-refractivity contribution >= 4 is 35.3 Å². The van der Waals surface area contributed by atoms with Gasteiger partial charge in [-0.3, -0.25) is 14.9 Å². The molecule has 2 amide bonds. The quantitative estimate of drug-likeness (QED) is 0.693. The van der Waals surface area contributed by atoms with Crippen LogP contribution >= 0.6 is 11.6 Å².